The number of rotatable bonds is 3. The van der Waals surface area contributed by atoms with E-state index in [1.54, 1.807) is 6.07 Å². The Morgan fingerprint density at radius 3 is 1.97 bits per heavy atom. The van der Waals surface area contributed by atoms with E-state index < -0.39 is 29.2 Å². The number of halogens is 6. The molecule has 196 valence electrons. The number of thiophene rings is 1. The van der Waals surface area contributed by atoms with Crippen molar-refractivity contribution in [1.82, 2.24) is 10.2 Å². The SMILES string of the molecule is Cc1cc(C(F)(F)F)cc(C(F)(F)F)c1Oc1nnc(-c2cc3ccccc3s2)c2cc3ccccc3cc12. The highest BCUT2D eigenvalue weighted by atomic mass is 32.1. The molecule has 0 atom stereocenters. The summed E-state index contributed by atoms with van der Waals surface area (Å²) in [7, 11) is 0. The summed E-state index contributed by atoms with van der Waals surface area (Å²) in [6, 6.07) is 21.4. The molecular formula is C29H16F6N2OS. The first-order chi connectivity index (χ1) is 18.5. The van der Waals surface area contributed by atoms with Crippen molar-refractivity contribution in [1.29, 1.82) is 0 Å². The normalized spacial score (nSPS) is 12.5. The molecule has 0 spiro atoms. The van der Waals surface area contributed by atoms with Crippen molar-refractivity contribution in [3.8, 4) is 22.2 Å². The summed E-state index contributed by atoms with van der Waals surface area (Å²) < 4.78 is 88.4. The number of ether oxygens (including phenoxy) is 1. The van der Waals surface area contributed by atoms with Crippen LogP contribution in [0.3, 0.4) is 0 Å². The smallest absolute Gasteiger partial charge is 0.420 e. The number of hydrogen-bond donors (Lipinski definition) is 0. The zero-order valence-electron chi connectivity index (χ0n) is 20.0. The van der Waals surface area contributed by atoms with Gasteiger partial charge in [-0.2, -0.15) is 26.3 Å². The van der Waals surface area contributed by atoms with Crippen molar-refractivity contribution in [2.75, 3.05) is 0 Å². The number of fused-ring (bicyclic) bond motifs is 3. The zero-order valence-corrected chi connectivity index (χ0v) is 20.8. The predicted octanol–water partition coefficient (Wildman–Crippen LogP) is 9.80. The maximum Gasteiger partial charge on any atom is 0.420 e. The van der Waals surface area contributed by atoms with Crippen molar-refractivity contribution in [2.45, 2.75) is 19.3 Å². The maximum atomic E-state index is 13.9. The Kier molecular flexibility index (Phi) is 5.76. The van der Waals surface area contributed by atoms with Crippen molar-refractivity contribution < 1.29 is 31.1 Å². The third-order valence-electron chi connectivity index (χ3n) is 6.38. The molecule has 0 aliphatic rings. The van der Waals surface area contributed by atoms with Gasteiger partial charge in [-0.15, -0.1) is 21.5 Å². The van der Waals surface area contributed by atoms with Crippen LogP contribution in [0.5, 0.6) is 11.6 Å². The van der Waals surface area contributed by atoms with Crippen LogP contribution in [0.2, 0.25) is 0 Å². The number of hydrogen-bond acceptors (Lipinski definition) is 4. The Morgan fingerprint density at radius 2 is 1.33 bits per heavy atom. The van der Waals surface area contributed by atoms with Gasteiger partial charge in [-0.1, -0.05) is 42.5 Å². The quantitative estimate of drug-likeness (QED) is 0.161. The highest BCUT2D eigenvalue weighted by Gasteiger charge is 2.40. The maximum absolute atomic E-state index is 13.9. The van der Waals surface area contributed by atoms with Gasteiger partial charge in [0.15, 0.2) is 0 Å². The van der Waals surface area contributed by atoms with E-state index >= 15 is 0 Å². The third-order valence-corrected chi connectivity index (χ3v) is 7.50. The molecule has 0 amide bonds. The van der Waals surface area contributed by atoms with Gasteiger partial charge in [0.05, 0.1) is 16.0 Å². The molecule has 2 heterocycles. The Morgan fingerprint density at radius 1 is 0.692 bits per heavy atom. The third kappa shape index (κ3) is 4.54. The second kappa shape index (κ2) is 8.94. The molecule has 3 nitrogen and oxygen atoms in total. The van der Waals surface area contributed by atoms with Gasteiger partial charge in [0.2, 0.25) is 5.88 Å². The number of alkyl halides is 6. The van der Waals surface area contributed by atoms with Gasteiger partial charge in [-0.3, -0.25) is 0 Å². The number of nitrogens with zero attached hydrogens (tertiary/aromatic N) is 2. The van der Waals surface area contributed by atoms with E-state index in [9.17, 15) is 26.3 Å². The van der Waals surface area contributed by atoms with Crippen LogP contribution < -0.4 is 4.74 Å². The molecule has 6 aromatic rings. The first kappa shape index (κ1) is 25.1. The minimum Gasteiger partial charge on any atom is -0.436 e. The van der Waals surface area contributed by atoms with Crippen LogP contribution in [0.4, 0.5) is 26.3 Å². The Hall–Kier alpha value is -4.18. The zero-order chi connectivity index (χ0) is 27.5. The fourth-order valence-corrected chi connectivity index (χ4v) is 5.61. The fourth-order valence-electron chi connectivity index (χ4n) is 4.55. The standard InChI is InChI=1S/C29H16F6N2OS/c1-15-10-19(28(30,31)32)14-22(29(33,34)35)26(15)38-27-21-12-17-7-3-2-6-16(17)11-20(21)25(36-37-27)24-13-18-8-4-5-9-23(18)39-24/h2-14H,1H3. The number of benzene rings is 4. The number of aryl methyl sites for hydroxylation is 1. The molecule has 0 fully saturated rings. The monoisotopic (exact) mass is 554 g/mol. The molecule has 10 heteroatoms. The average Bonchev–Trinajstić information content (AvgIpc) is 3.31. The van der Waals surface area contributed by atoms with Crippen LogP contribution >= 0.6 is 11.3 Å². The van der Waals surface area contributed by atoms with E-state index in [0.29, 0.717) is 22.5 Å². The average molecular weight is 555 g/mol. The van der Waals surface area contributed by atoms with E-state index in [2.05, 4.69) is 10.2 Å². The molecule has 0 bridgehead atoms. The van der Waals surface area contributed by atoms with E-state index in [-0.39, 0.29) is 17.5 Å². The molecule has 6 rings (SSSR count). The molecule has 0 radical (unpaired) electrons. The first-order valence-corrected chi connectivity index (χ1v) is 12.5. The first-order valence-electron chi connectivity index (χ1n) is 11.6. The van der Waals surface area contributed by atoms with Gasteiger partial charge < -0.3 is 4.74 Å². The molecule has 39 heavy (non-hydrogen) atoms. The molecule has 0 saturated heterocycles. The number of aromatic nitrogens is 2. The minimum atomic E-state index is -5.10. The molecule has 0 saturated carbocycles. The van der Waals surface area contributed by atoms with Gasteiger partial charge >= 0.3 is 12.4 Å². The molecule has 4 aromatic carbocycles. The van der Waals surface area contributed by atoms with Crippen LogP contribution in [0.15, 0.2) is 78.9 Å². The van der Waals surface area contributed by atoms with Crippen LogP contribution in [-0.2, 0) is 12.4 Å². The van der Waals surface area contributed by atoms with E-state index in [4.69, 9.17) is 4.74 Å². The van der Waals surface area contributed by atoms with Crippen molar-refractivity contribution in [3.63, 3.8) is 0 Å². The van der Waals surface area contributed by atoms with E-state index in [0.717, 1.165) is 32.7 Å². The molecule has 0 unspecified atom stereocenters. The summed E-state index contributed by atoms with van der Waals surface area (Å²) in [6.07, 6.45) is -10.1. The Labute approximate surface area is 221 Å². The van der Waals surface area contributed by atoms with Crippen LogP contribution in [0.1, 0.15) is 16.7 Å². The largest absolute Gasteiger partial charge is 0.436 e. The summed E-state index contributed by atoms with van der Waals surface area (Å²) in [5, 5.41) is 12.1. The van der Waals surface area contributed by atoms with Crippen LogP contribution in [0.25, 0.3) is 42.2 Å². The minimum absolute atomic E-state index is 0.0545. The summed E-state index contributed by atoms with van der Waals surface area (Å²) >= 11 is 1.49. The highest BCUT2D eigenvalue weighted by Crippen LogP contribution is 2.45. The van der Waals surface area contributed by atoms with Crippen molar-refractivity contribution >= 4 is 43.0 Å². The topological polar surface area (TPSA) is 35.0 Å². The van der Waals surface area contributed by atoms with Crippen LogP contribution in [0, 0.1) is 6.92 Å². The van der Waals surface area contributed by atoms with Gasteiger partial charge in [0.25, 0.3) is 0 Å². The second-order valence-corrected chi connectivity index (χ2v) is 10.1. The van der Waals surface area contributed by atoms with Gasteiger partial charge in [-0.25, -0.2) is 0 Å². The lowest BCUT2D eigenvalue weighted by molar-refractivity contribution is -0.143. The lowest BCUT2D eigenvalue weighted by atomic mass is 10.0. The molecule has 0 N–H and O–H groups in total. The highest BCUT2D eigenvalue weighted by molar-refractivity contribution is 7.22. The summed E-state index contributed by atoms with van der Waals surface area (Å²) in [5.74, 6) is -0.997. The molecular weight excluding hydrogens is 538 g/mol. The lowest BCUT2D eigenvalue weighted by Gasteiger charge is -2.19. The molecule has 2 aromatic heterocycles. The molecule has 0 aliphatic carbocycles. The van der Waals surface area contributed by atoms with Crippen molar-refractivity contribution in [2.24, 2.45) is 0 Å². The Bertz CT molecular complexity index is 1860. The fraction of sp³-hybridized carbons (Fsp3) is 0.103. The van der Waals surface area contributed by atoms with Gasteiger partial charge in [-0.05, 0) is 65.0 Å². The summed E-state index contributed by atoms with van der Waals surface area (Å²) in [4.78, 5) is 0.803. The van der Waals surface area contributed by atoms with E-state index in [1.807, 2.05) is 60.7 Å². The van der Waals surface area contributed by atoms with Gasteiger partial charge in [0.1, 0.15) is 11.4 Å². The predicted molar refractivity (Wildman–Crippen MR) is 139 cm³/mol. The second-order valence-electron chi connectivity index (χ2n) is 9.01. The Balaban J connectivity index is 1.58. The lowest BCUT2D eigenvalue weighted by Crippen LogP contribution is -2.13. The molecule has 0 aliphatic heterocycles. The van der Waals surface area contributed by atoms with Crippen molar-refractivity contribution in [3.05, 3.63) is 95.6 Å². The van der Waals surface area contributed by atoms with Gasteiger partial charge in [0, 0.05) is 15.5 Å². The van der Waals surface area contributed by atoms with Crippen LogP contribution in [-0.4, -0.2) is 10.2 Å². The summed E-state index contributed by atoms with van der Waals surface area (Å²) in [6.45, 7) is 1.14. The summed E-state index contributed by atoms with van der Waals surface area (Å²) in [5.41, 5.74) is -2.77. The van der Waals surface area contributed by atoms with E-state index in [1.165, 1.54) is 11.3 Å².